The van der Waals surface area contributed by atoms with Crippen LogP contribution in [0.15, 0.2) is 59.8 Å². The number of nitrogens with zero attached hydrogens (tertiary/aromatic N) is 3. The van der Waals surface area contributed by atoms with E-state index in [2.05, 4.69) is 20.5 Å². The molecule has 0 aliphatic carbocycles. The van der Waals surface area contributed by atoms with Gasteiger partial charge in [0, 0.05) is 11.9 Å². The number of anilines is 1. The lowest BCUT2D eigenvalue weighted by Crippen LogP contribution is -2.14. The first-order chi connectivity index (χ1) is 12.1. The highest BCUT2D eigenvalue weighted by Crippen LogP contribution is 2.25. The lowest BCUT2D eigenvalue weighted by Gasteiger charge is -2.06. The molecule has 3 aromatic rings. The molecule has 0 bridgehead atoms. The van der Waals surface area contributed by atoms with E-state index < -0.39 is 0 Å². The Morgan fingerprint density at radius 2 is 1.88 bits per heavy atom. The fourth-order valence-electron chi connectivity index (χ4n) is 1.96. The molecule has 126 valence electrons. The molecule has 0 fully saturated rings. The first-order valence-corrected chi connectivity index (χ1v) is 8.99. The third-order valence-electron chi connectivity index (χ3n) is 3.12. The lowest BCUT2D eigenvalue weighted by atomic mass is 10.2. The normalized spacial score (nSPS) is 10.5. The van der Waals surface area contributed by atoms with Crippen molar-refractivity contribution in [1.29, 1.82) is 0 Å². The minimum Gasteiger partial charge on any atom is -0.325 e. The van der Waals surface area contributed by atoms with Gasteiger partial charge in [-0.3, -0.25) is 9.78 Å². The number of halogens is 2. The zero-order valence-corrected chi connectivity index (χ0v) is 15.1. The maximum Gasteiger partial charge on any atom is 0.234 e. The first kappa shape index (κ1) is 17.7. The number of thioether (sulfide) groups is 1. The number of aromatic nitrogens is 3. The van der Waals surface area contributed by atoms with E-state index in [4.69, 9.17) is 23.2 Å². The van der Waals surface area contributed by atoms with Crippen molar-refractivity contribution >= 4 is 46.6 Å². The molecule has 0 saturated carbocycles. The summed E-state index contributed by atoms with van der Waals surface area (Å²) in [6.07, 6.45) is 1.70. The van der Waals surface area contributed by atoms with Gasteiger partial charge >= 0.3 is 0 Å². The minimum atomic E-state index is -0.168. The predicted molar refractivity (Wildman–Crippen MR) is 101 cm³/mol. The Morgan fingerprint density at radius 3 is 2.56 bits per heavy atom. The van der Waals surface area contributed by atoms with Crippen LogP contribution in [0.4, 0.5) is 5.69 Å². The van der Waals surface area contributed by atoms with Gasteiger partial charge in [0.2, 0.25) is 5.91 Å². The Balaban J connectivity index is 1.56. The molecule has 5 nitrogen and oxygen atoms in total. The standard InChI is InChI=1S/C17H12Cl2N4OS/c18-12-5-4-11(9-13(12)19)21-16(24)10-25-17-7-6-15(22-23-17)14-3-1-2-8-20-14/h1-9H,10H2,(H,21,24). The van der Waals surface area contributed by atoms with Gasteiger partial charge in [0.05, 0.1) is 21.5 Å². The molecule has 2 aromatic heterocycles. The van der Waals surface area contributed by atoms with Gasteiger partial charge in [0.25, 0.3) is 0 Å². The van der Waals surface area contributed by atoms with Gasteiger partial charge in [0.1, 0.15) is 10.7 Å². The van der Waals surface area contributed by atoms with Crippen molar-refractivity contribution in [3.05, 3.63) is 64.8 Å². The molecule has 0 aliphatic heterocycles. The summed E-state index contributed by atoms with van der Waals surface area (Å²) in [7, 11) is 0. The molecular formula is C17H12Cl2N4OS. The van der Waals surface area contributed by atoms with E-state index >= 15 is 0 Å². The summed E-state index contributed by atoms with van der Waals surface area (Å²) in [5.41, 5.74) is 2.03. The molecule has 0 unspecified atom stereocenters. The van der Waals surface area contributed by atoms with Crippen molar-refractivity contribution in [1.82, 2.24) is 15.2 Å². The molecule has 1 amide bonds. The average molecular weight is 391 g/mol. The highest BCUT2D eigenvalue weighted by atomic mass is 35.5. The molecule has 0 atom stereocenters. The van der Waals surface area contributed by atoms with Gasteiger partial charge < -0.3 is 5.32 Å². The van der Waals surface area contributed by atoms with Crippen LogP contribution in [0, 0.1) is 0 Å². The van der Waals surface area contributed by atoms with E-state index in [9.17, 15) is 4.79 Å². The van der Waals surface area contributed by atoms with Crippen molar-refractivity contribution in [2.45, 2.75) is 5.03 Å². The van der Waals surface area contributed by atoms with Crippen LogP contribution < -0.4 is 5.32 Å². The van der Waals surface area contributed by atoms with E-state index in [-0.39, 0.29) is 11.7 Å². The van der Waals surface area contributed by atoms with Crippen LogP contribution in [0.2, 0.25) is 10.0 Å². The zero-order chi connectivity index (χ0) is 17.6. The molecule has 2 heterocycles. The van der Waals surface area contributed by atoms with Crippen LogP contribution in [0.5, 0.6) is 0 Å². The van der Waals surface area contributed by atoms with Crippen LogP contribution in [0.1, 0.15) is 0 Å². The average Bonchev–Trinajstić information content (AvgIpc) is 2.64. The van der Waals surface area contributed by atoms with E-state index in [0.717, 1.165) is 5.69 Å². The zero-order valence-electron chi connectivity index (χ0n) is 12.8. The predicted octanol–water partition coefficient (Wildman–Crippen LogP) is 4.58. The maximum absolute atomic E-state index is 12.0. The number of hydrogen-bond acceptors (Lipinski definition) is 5. The number of pyridine rings is 1. The number of rotatable bonds is 5. The molecule has 0 spiro atoms. The quantitative estimate of drug-likeness (QED) is 0.645. The van der Waals surface area contributed by atoms with Gasteiger partial charge in [-0.25, -0.2) is 0 Å². The molecular weight excluding hydrogens is 379 g/mol. The van der Waals surface area contributed by atoms with Crippen molar-refractivity contribution in [3.63, 3.8) is 0 Å². The van der Waals surface area contributed by atoms with Crippen molar-refractivity contribution in [2.24, 2.45) is 0 Å². The van der Waals surface area contributed by atoms with Crippen LogP contribution in [0.3, 0.4) is 0 Å². The molecule has 1 aromatic carbocycles. The SMILES string of the molecule is O=C(CSc1ccc(-c2ccccn2)nn1)Nc1ccc(Cl)c(Cl)c1. The van der Waals surface area contributed by atoms with Crippen molar-refractivity contribution in [3.8, 4) is 11.4 Å². The Kier molecular flexibility index (Phi) is 5.86. The largest absolute Gasteiger partial charge is 0.325 e. The smallest absolute Gasteiger partial charge is 0.234 e. The number of hydrogen-bond donors (Lipinski definition) is 1. The Hall–Kier alpha value is -2.15. The van der Waals surface area contributed by atoms with Crippen molar-refractivity contribution in [2.75, 3.05) is 11.1 Å². The minimum absolute atomic E-state index is 0.168. The molecule has 0 saturated heterocycles. The second-order valence-electron chi connectivity index (χ2n) is 4.94. The Labute approximate surface area is 158 Å². The van der Waals surface area contributed by atoms with E-state index in [1.54, 1.807) is 24.4 Å². The van der Waals surface area contributed by atoms with Gasteiger partial charge in [-0.05, 0) is 42.5 Å². The van der Waals surface area contributed by atoms with E-state index in [1.807, 2.05) is 30.3 Å². The summed E-state index contributed by atoms with van der Waals surface area (Å²) < 4.78 is 0. The van der Waals surface area contributed by atoms with Crippen LogP contribution >= 0.6 is 35.0 Å². The second-order valence-corrected chi connectivity index (χ2v) is 6.75. The number of amides is 1. The van der Waals surface area contributed by atoms with E-state index in [0.29, 0.717) is 26.5 Å². The lowest BCUT2D eigenvalue weighted by molar-refractivity contribution is -0.113. The number of benzene rings is 1. The van der Waals surface area contributed by atoms with Crippen LogP contribution in [-0.2, 0) is 4.79 Å². The van der Waals surface area contributed by atoms with Crippen LogP contribution in [0.25, 0.3) is 11.4 Å². The molecule has 0 aliphatic rings. The molecule has 0 radical (unpaired) electrons. The number of nitrogens with one attached hydrogen (secondary N) is 1. The fourth-order valence-corrected chi connectivity index (χ4v) is 2.87. The first-order valence-electron chi connectivity index (χ1n) is 7.24. The third-order valence-corrected chi connectivity index (χ3v) is 4.78. The van der Waals surface area contributed by atoms with Gasteiger partial charge in [-0.15, -0.1) is 10.2 Å². The monoisotopic (exact) mass is 390 g/mol. The summed E-state index contributed by atoms with van der Waals surface area (Å²) >= 11 is 13.1. The maximum atomic E-state index is 12.0. The number of carbonyl (C=O) groups is 1. The summed E-state index contributed by atoms with van der Waals surface area (Å²) in [5.74, 6) is 0.0386. The molecule has 25 heavy (non-hydrogen) atoms. The third kappa shape index (κ3) is 4.92. The molecule has 3 rings (SSSR count). The molecule has 1 N–H and O–H groups in total. The Bertz CT molecular complexity index is 876. The summed E-state index contributed by atoms with van der Waals surface area (Å²) in [5, 5.41) is 12.5. The number of carbonyl (C=O) groups excluding carboxylic acids is 1. The fraction of sp³-hybridized carbons (Fsp3) is 0.0588. The van der Waals surface area contributed by atoms with Crippen LogP contribution in [-0.4, -0.2) is 26.8 Å². The topological polar surface area (TPSA) is 67.8 Å². The van der Waals surface area contributed by atoms with Gasteiger partial charge in [-0.1, -0.05) is 41.0 Å². The Morgan fingerprint density at radius 1 is 1.00 bits per heavy atom. The highest BCUT2D eigenvalue weighted by molar-refractivity contribution is 7.99. The summed E-state index contributed by atoms with van der Waals surface area (Å²) in [6.45, 7) is 0. The highest BCUT2D eigenvalue weighted by Gasteiger charge is 2.07. The van der Waals surface area contributed by atoms with Gasteiger partial charge in [-0.2, -0.15) is 0 Å². The summed E-state index contributed by atoms with van der Waals surface area (Å²) in [4.78, 5) is 16.2. The van der Waals surface area contributed by atoms with Gasteiger partial charge in [0.15, 0.2) is 0 Å². The van der Waals surface area contributed by atoms with E-state index in [1.165, 1.54) is 11.8 Å². The molecule has 8 heteroatoms. The second kappa shape index (κ2) is 8.29. The summed E-state index contributed by atoms with van der Waals surface area (Å²) in [6, 6.07) is 14.2. The van der Waals surface area contributed by atoms with Crippen molar-refractivity contribution < 1.29 is 4.79 Å².